The van der Waals surface area contributed by atoms with Gasteiger partial charge in [-0.3, -0.25) is 14.7 Å². The Labute approximate surface area is 247 Å². The third-order valence-electron chi connectivity index (χ3n) is 6.72. The maximum atomic E-state index is 12.4. The molecule has 0 bridgehead atoms. The van der Waals surface area contributed by atoms with E-state index in [1.807, 2.05) is 83.2 Å². The molecule has 0 atom stereocenters. The minimum Gasteiger partial charge on any atom is -0.404 e. The largest absolute Gasteiger partial charge is 0.404 e. The fourth-order valence-electron chi connectivity index (χ4n) is 4.52. The molecule has 5 N–H and O–H groups in total. The van der Waals surface area contributed by atoms with Crippen LogP contribution in [0.15, 0.2) is 66.0 Å². The number of nitrogens with one attached hydrogen (secondary N) is 3. The van der Waals surface area contributed by atoms with Crippen LogP contribution in [0.1, 0.15) is 55.5 Å². The number of Topliss-reactive ketones (excluding diaryl/α,β-unsaturated/α-hetero) is 1. The van der Waals surface area contributed by atoms with Crippen LogP contribution in [0.5, 0.6) is 0 Å². The van der Waals surface area contributed by atoms with Gasteiger partial charge >= 0.3 is 0 Å². The van der Waals surface area contributed by atoms with E-state index in [-0.39, 0.29) is 17.6 Å². The standard InChI is InChI=1S/C32H33N7O2S/c1-16(2)13-21(34-32(41)17(3)4)14-20(15-33)23-9-10-24-29(35-23)30(39-38-24)31-36-27-18(5)7-8-22(28(27)37-31)26-12-11-25(42-26)19(6)40/h7-15,17H,33H2,1-6H3,(H,34,41)(H,36,37)(H,38,39)/b20-15+,21-14+. The first-order chi connectivity index (χ1) is 20.0. The number of carbonyl (C=O) groups is 2. The minimum atomic E-state index is -0.170. The van der Waals surface area contributed by atoms with Gasteiger partial charge in [-0.05, 0) is 69.7 Å². The molecule has 42 heavy (non-hydrogen) atoms. The van der Waals surface area contributed by atoms with Crippen LogP contribution < -0.4 is 11.1 Å². The summed E-state index contributed by atoms with van der Waals surface area (Å²) in [6.45, 7) is 11.2. The smallest absolute Gasteiger partial charge is 0.226 e. The molecule has 9 nitrogen and oxygen atoms in total. The van der Waals surface area contributed by atoms with E-state index in [1.165, 1.54) is 17.5 Å². The molecule has 0 aliphatic heterocycles. The van der Waals surface area contributed by atoms with Crippen LogP contribution in [0.25, 0.3) is 49.6 Å². The number of pyridine rings is 1. The summed E-state index contributed by atoms with van der Waals surface area (Å²) in [7, 11) is 0. The van der Waals surface area contributed by atoms with E-state index in [2.05, 4.69) is 20.5 Å². The number of aromatic nitrogens is 5. The number of imidazole rings is 1. The average molecular weight is 580 g/mol. The van der Waals surface area contributed by atoms with E-state index in [0.717, 1.165) is 38.1 Å². The summed E-state index contributed by atoms with van der Waals surface area (Å²) in [5, 5.41) is 10.6. The minimum absolute atomic E-state index is 0.0424. The molecule has 0 spiro atoms. The normalized spacial score (nSPS) is 12.4. The molecule has 0 aliphatic carbocycles. The number of aryl methyl sites for hydroxylation is 1. The van der Waals surface area contributed by atoms with Crippen LogP contribution in [0.2, 0.25) is 0 Å². The molecule has 10 heteroatoms. The summed E-state index contributed by atoms with van der Waals surface area (Å²) < 4.78 is 0. The second-order valence-electron chi connectivity index (χ2n) is 10.7. The Balaban J connectivity index is 1.59. The summed E-state index contributed by atoms with van der Waals surface area (Å²) in [6.07, 6.45) is 5.18. The number of H-pyrrole nitrogens is 2. The van der Waals surface area contributed by atoms with E-state index in [1.54, 1.807) is 6.92 Å². The molecule has 0 aliphatic rings. The Morgan fingerprint density at radius 1 is 1.00 bits per heavy atom. The van der Waals surface area contributed by atoms with Crippen molar-refractivity contribution in [2.75, 3.05) is 0 Å². The maximum absolute atomic E-state index is 12.4. The van der Waals surface area contributed by atoms with Crippen LogP contribution in [-0.2, 0) is 4.79 Å². The quantitative estimate of drug-likeness (QED) is 0.120. The van der Waals surface area contributed by atoms with Crippen LogP contribution in [-0.4, -0.2) is 36.8 Å². The summed E-state index contributed by atoms with van der Waals surface area (Å²) in [4.78, 5) is 39.3. The molecular weight excluding hydrogens is 546 g/mol. The zero-order valence-electron chi connectivity index (χ0n) is 24.4. The molecule has 4 heterocycles. The second-order valence-corrected chi connectivity index (χ2v) is 11.8. The summed E-state index contributed by atoms with van der Waals surface area (Å²) >= 11 is 1.46. The number of aromatic amines is 2. The number of benzene rings is 1. The van der Waals surface area contributed by atoms with Gasteiger partial charge in [0, 0.05) is 33.8 Å². The highest BCUT2D eigenvalue weighted by Gasteiger charge is 2.19. The van der Waals surface area contributed by atoms with Crippen molar-refractivity contribution in [2.24, 2.45) is 11.7 Å². The maximum Gasteiger partial charge on any atom is 0.226 e. The third kappa shape index (κ3) is 5.66. The molecule has 1 amide bonds. The van der Waals surface area contributed by atoms with Gasteiger partial charge in [-0.1, -0.05) is 31.6 Å². The van der Waals surface area contributed by atoms with Crippen LogP contribution >= 0.6 is 11.3 Å². The Bertz CT molecular complexity index is 1930. The van der Waals surface area contributed by atoms with E-state index in [9.17, 15) is 9.59 Å². The number of hydrogen-bond acceptors (Lipinski definition) is 7. The lowest BCUT2D eigenvalue weighted by Gasteiger charge is -2.11. The molecular formula is C32H33N7O2S. The van der Waals surface area contributed by atoms with Gasteiger partial charge in [-0.2, -0.15) is 5.10 Å². The predicted molar refractivity (Wildman–Crippen MR) is 170 cm³/mol. The van der Waals surface area contributed by atoms with Gasteiger partial charge in [-0.15, -0.1) is 11.3 Å². The number of thiophene rings is 1. The van der Waals surface area contributed by atoms with Crippen molar-refractivity contribution in [1.82, 2.24) is 30.5 Å². The topological polar surface area (TPSA) is 142 Å². The number of nitrogens with two attached hydrogens (primary N) is 1. The lowest BCUT2D eigenvalue weighted by Crippen LogP contribution is -2.26. The summed E-state index contributed by atoms with van der Waals surface area (Å²) in [5.41, 5.74) is 14.6. The molecule has 4 aromatic heterocycles. The Hall–Kier alpha value is -4.83. The second kappa shape index (κ2) is 11.6. The number of allylic oxidation sites excluding steroid dienone is 4. The highest BCUT2D eigenvalue weighted by molar-refractivity contribution is 7.17. The first-order valence-corrected chi connectivity index (χ1v) is 14.4. The number of nitrogens with zero attached hydrogens (tertiary/aromatic N) is 3. The van der Waals surface area contributed by atoms with Gasteiger partial charge in [-0.25, -0.2) is 9.97 Å². The average Bonchev–Trinajstić information content (AvgIpc) is 3.69. The highest BCUT2D eigenvalue weighted by Crippen LogP contribution is 2.36. The SMILES string of the molecule is CC(=O)c1ccc(-c2ccc(C)c3nc(-c4n[nH]c5ccc(C(/C=C(\C=C(C)C)NC(=O)C(C)C)=C/N)nc45)[nH]c23)s1. The Morgan fingerprint density at radius 2 is 1.79 bits per heavy atom. The first-order valence-electron chi connectivity index (χ1n) is 13.6. The third-order valence-corrected chi connectivity index (χ3v) is 7.94. The van der Waals surface area contributed by atoms with Crippen molar-refractivity contribution >= 4 is 50.7 Å². The molecule has 1 aromatic carbocycles. The van der Waals surface area contributed by atoms with Gasteiger partial charge in [0.25, 0.3) is 0 Å². The lowest BCUT2D eigenvalue weighted by atomic mass is 10.1. The Kier molecular flexibility index (Phi) is 7.91. The van der Waals surface area contributed by atoms with Gasteiger partial charge in [0.1, 0.15) is 5.52 Å². The van der Waals surface area contributed by atoms with Crippen molar-refractivity contribution < 1.29 is 9.59 Å². The molecule has 214 valence electrons. The molecule has 0 fully saturated rings. The zero-order valence-corrected chi connectivity index (χ0v) is 25.2. The van der Waals surface area contributed by atoms with Crippen LogP contribution in [0, 0.1) is 12.8 Å². The summed E-state index contributed by atoms with van der Waals surface area (Å²) in [6, 6.07) is 11.6. The van der Waals surface area contributed by atoms with Gasteiger partial charge in [0.15, 0.2) is 17.3 Å². The monoisotopic (exact) mass is 579 g/mol. The Morgan fingerprint density at radius 3 is 2.45 bits per heavy atom. The number of amides is 1. The molecule has 0 radical (unpaired) electrons. The van der Waals surface area contributed by atoms with E-state index in [4.69, 9.17) is 15.7 Å². The fraction of sp³-hybridized carbons (Fsp3) is 0.219. The first kappa shape index (κ1) is 28.7. The number of carbonyl (C=O) groups excluding carboxylic acids is 2. The van der Waals surface area contributed by atoms with Crippen molar-refractivity contribution in [3.05, 3.63) is 82.2 Å². The number of hydrogen-bond donors (Lipinski definition) is 4. The summed E-state index contributed by atoms with van der Waals surface area (Å²) in [5.74, 6) is 0.357. The van der Waals surface area contributed by atoms with Gasteiger partial charge in [0.05, 0.1) is 27.1 Å². The van der Waals surface area contributed by atoms with Crippen molar-refractivity contribution in [3.8, 4) is 22.0 Å². The number of rotatable bonds is 8. The fourth-order valence-corrected chi connectivity index (χ4v) is 5.46. The lowest BCUT2D eigenvalue weighted by molar-refractivity contribution is -0.123. The number of ketones is 1. The van der Waals surface area contributed by atoms with Crippen molar-refractivity contribution in [3.63, 3.8) is 0 Å². The van der Waals surface area contributed by atoms with E-state index < -0.39 is 0 Å². The zero-order chi connectivity index (χ0) is 30.1. The van der Waals surface area contributed by atoms with Crippen LogP contribution in [0.3, 0.4) is 0 Å². The van der Waals surface area contributed by atoms with Crippen LogP contribution in [0.4, 0.5) is 0 Å². The molecule has 0 saturated carbocycles. The predicted octanol–water partition coefficient (Wildman–Crippen LogP) is 6.66. The molecule has 5 aromatic rings. The van der Waals surface area contributed by atoms with Gasteiger partial charge in [0.2, 0.25) is 5.91 Å². The van der Waals surface area contributed by atoms with Gasteiger partial charge < -0.3 is 16.0 Å². The molecule has 5 rings (SSSR count). The number of fused-ring (bicyclic) bond motifs is 2. The van der Waals surface area contributed by atoms with E-state index >= 15 is 0 Å². The van der Waals surface area contributed by atoms with Crippen molar-refractivity contribution in [2.45, 2.75) is 41.5 Å². The molecule has 0 saturated heterocycles. The van der Waals surface area contributed by atoms with Crippen molar-refractivity contribution in [1.29, 1.82) is 0 Å². The highest BCUT2D eigenvalue weighted by atomic mass is 32.1. The molecule has 0 unspecified atom stereocenters. The van der Waals surface area contributed by atoms with E-state index in [0.29, 0.717) is 38.9 Å².